The van der Waals surface area contributed by atoms with Gasteiger partial charge < -0.3 is 15.4 Å². The van der Waals surface area contributed by atoms with E-state index >= 15 is 0 Å². The molecule has 0 bridgehead atoms. The number of nitrogens with one attached hydrogen (secondary N) is 2. The fraction of sp³-hybridized carbons (Fsp3) is 0.667. The molecule has 1 saturated carbocycles. The van der Waals surface area contributed by atoms with Crippen LogP contribution in [-0.2, 0) is 19.7 Å². The highest BCUT2D eigenvalue weighted by atomic mass is 16.5. The number of carbonyl (C=O) groups excluding carboxylic acids is 2. The number of amides is 2. The second kappa shape index (κ2) is 9.48. The molecule has 2 N–H and O–H groups in total. The van der Waals surface area contributed by atoms with Crippen molar-refractivity contribution in [1.29, 1.82) is 0 Å². The first-order valence-electron chi connectivity index (χ1n) is 11.5. The number of rotatable bonds is 6. The minimum Gasteiger partial charge on any atom is -0.381 e. The van der Waals surface area contributed by atoms with E-state index in [9.17, 15) is 9.59 Å². The molecule has 3 aliphatic rings. The zero-order valence-corrected chi connectivity index (χ0v) is 18.1. The van der Waals surface area contributed by atoms with Crippen LogP contribution >= 0.6 is 0 Å². The van der Waals surface area contributed by atoms with Crippen LogP contribution in [0.3, 0.4) is 0 Å². The molecule has 0 spiro atoms. The molecule has 4 rings (SSSR count). The van der Waals surface area contributed by atoms with Crippen molar-refractivity contribution < 1.29 is 14.3 Å². The second-order valence-electron chi connectivity index (χ2n) is 9.22. The van der Waals surface area contributed by atoms with Crippen LogP contribution in [-0.4, -0.2) is 61.6 Å². The zero-order valence-electron chi connectivity index (χ0n) is 18.1. The fourth-order valence-electron chi connectivity index (χ4n) is 5.37. The van der Waals surface area contributed by atoms with Gasteiger partial charge in [0.05, 0.1) is 12.5 Å². The topological polar surface area (TPSA) is 70.7 Å². The molecule has 2 amide bonds. The molecule has 1 atom stereocenters. The van der Waals surface area contributed by atoms with E-state index in [1.165, 1.54) is 24.0 Å². The first-order chi connectivity index (χ1) is 14.6. The third-order valence-corrected chi connectivity index (χ3v) is 7.28. The summed E-state index contributed by atoms with van der Waals surface area (Å²) in [7, 11) is 0. The molecule has 30 heavy (non-hydrogen) atoms. The maximum atomic E-state index is 12.9. The fourth-order valence-corrected chi connectivity index (χ4v) is 5.37. The highest BCUT2D eigenvalue weighted by molar-refractivity contribution is 5.88. The van der Waals surface area contributed by atoms with Crippen LogP contribution < -0.4 is 10.6 Å². The van der Waals surface area contributed by atoms with Gasteiger partial charge in [-0.3, -0.25) is 14.5 Å². The third kappa shape index (κ3) is 4.70. The van der Waals surface area contributed by atoms with Crippen molar-refractivity contribution in [2.45, 2.75) is 69.4 Å². The molecule has 1 aromatic carbocycles. The summed E-state index contributed by atoms with van der Waals surface area (Å²) in [5.74, 6) is -0.0272. The molecule has 2 saturated heterocycles. The number of hydrogen-bond donors (Lipinski definition) is 2. The summed E-state index contributed by atoms with van der Waals surface area (Å²) < 4.78 is 5.61. The number of carbonyl (C=O) groups is 2. The summed E-state index contributed by atoms with van der Waals surface area (Å²) in [6, 6.07) is 8.75. The monoisotopic (exact) mass is 413 g/mol. The SMILES string of the molecule is Cc1ccc(C2(CNC(=O)C[C@@H]3C(=O)NCCN3C3CCCC3)CCOCC2)cc1. The predicted octanol–water partition coefficient (Wildman–Crippen LogP) is 2.29. The second-order valence-corrected chi connectivity index (χ2v) is 9.22. The predicted molar refractivity (Wildman–Crippen MR) is 116 cm³/mol. The lowest BCUT2D eigenvalue weighted by molar-refractivity contribution is -0.135. The summed E-state index contributed by atoms with van der Waals surface area (Å²) in [5.41, 5.74) is 2.40. The van der Waals surface area contributed by atoms with Gasteiger partial charge in [-0.1, -0.05) is 42.7 Å². The molecule has 0 aromatic heterocycles. The number of aryl methyl sites for hydroxylation is 1. The lowest BCUT2D eigenvalue weighted by Crippen LogP contribution is -2.59. The van der Waals surface area contributed by atoms with Crippen LogP contribution in [0.2, 0.25) is 0 Å². The Morgan fingerprint density at radius 2 is 1.90 bits per heavy atom. The molecule has 0 unspecified atom stereocenters. The van der Waals surface area contributed by atoms with Crippen LogP contribution in [0, 0.1) is 6.92 Å². The van der Waals surface area contributed by atoms with Gasteiger partial charge in [0.15, 0.2) is 0 Å². The Balaban J connectivity index is 1.41. The standard InChI is InChI=1S/C24H35N3O3/c1-18-6-8-19(9-7-18)24(10-14-30-15-11-24)17-26-22(28)16-21-23(29)25-12-13-27(21)20-4-2-3-5-20/h6-9,20-21H,2-5,10-17H2,1H3,(H,25,29)(H,26,28)/t21-/m1/s1. The molecule has 1 aliphatic carbocycles. The zero-order chi connectivity index (χ0) is 21.0. The Kier molecular flexibility index (Phi) is 6.74. The van der Waals surface area contributed by atoms with Crippen LogP contribution in [0.15, 0.2) is 24.3 Å². The van der Waals surface area contributed by atoms with Gasteiger partial charge in [0.1, 0.15) is 0 Å². The van der Waals surface area contributed by atoms with Crippen molar-refractivity contribution in [1.82, 2.24) is 15.5 Å². The van der Waals surface area contributed by atoms with Gasteiger partial charge in [-0.05, 0) is 38.2 Å². The highest BCUT2D eigenvalue weighted by Gasteiger charge is 2.38. The molecule has 0 radical (unpaired) electrons. The maximum absolute atomic E-state index is 12.9. The van der Waals surface area contributed by atoms with Gasteiger partial charge in [-0.15, -0.1) is 0 Å². The quantitative estimate of drug-likeness (QED) is 0.751. The van der Waals surface area contributed by atoms with E-state index in [-0.39, 0.29) is 29.7 Å². The molecule has 2 heterocycles. The first kappa shape index (κ1) is 21.3. The molecule has 2 aliphatic heterocycles. The van der Waals surface area contributed by atoms with E-state index in [0.29, 0.717) is 32.3 Å². The average Bonchev–Trinajstić information content (AvgIpc) is 3.30. The molecule has 6 nitrogen and oxygen atoms in total. The van der Waals surface area contributed by atoms with Gasteiger partial charge in [-0.25, -0.2) is 0 Å². The Morgan fingerprint density at radius 3 is 2.60 bits per heavy atom. The summed E-state index contributed by atoms with van der Waals surface area (Å²) >= 11 is 0. The molecule has 3 fully saturated rings. The molecule has 1 aromatic rings. The Morgan fingerprint density at radius 1 is 1.20 bits per heavy atom. The van der Waals surface area contributed by atoms with Crippen molar-refractivity contribution in [3.05, 3.63) is 35.4 Å². The maximum Gasteiger partial charge on any atom is 0.237 e. The molecule has 6 heteroatoms. The number of ether oxygens (including phenoxy) is 1. The van der Waals surface area contributed by atoms with Crippen molar-refractivity contribution in [2.24, 2.45) is 0 Å². The summed E-state index contributed by atoms with van der Waals surface area (Å²) in [5, 5.41) is 6.14. The normalized spacial score (nSPS) is 25.1. The van der Waals surface area contributed by atoms with Crippen LogP contribution in [0.25, 0.3) is 0 Å². The van der Waals surface area contributed by atoms with E-state index in [1.54, 1.807) is 0 Å². The van der Waals surface area contributed by atoms with E-state index in [4.69, 9.17) is 4.74 Å². The number of hydrogen-bond acceptors (Lipinski definition) is 4. The minimum atomic E-state index is -0.341. The van der Waals surface area contributed by atoms with Crippen molar-refractivity contribution in [3.8, 4) is 0 Å². The van der Waals surface area contributed by atoms with Gasteiger partial charge >= 0.3 is 0 Å². The Labute approximate surface area is 179 Å². The average molecular weight is 414 g/mol. The Bertz CT molecular complexity index is 737. The van der Waals surface area contributed by atoms with Gasteiger partial charge in [-0.2, -0.15) is 0 Å². The van der Waals surface area contributed by atoms with Crippen molar-refractivity contribution in [2.75, 3.05) is 32.8 Å². The van der Waals surface area contributed by atoms with E-state index in [1.807, 2.05) is 0 Å². The number of benzene rings is 1. The summed E-state index contributed by atoms with van der Waals surface area (Å²) in [6.07, 6.45) is 6.77. The van der Waals surface area contributed by atoms with Crippen molar-refractivity contribution >= 4 is 11.8 Å². The van der Waals surface area contributed by atoms with Gasteiger partial charge in [0, 0.05) is 44.3 Å². The van der Waals surface area contributed by atoms with Crippen LogP contribution in [0.4, 0.5) is 0 Å². The smallest absolute Gasteiger partial charge is 0.237 e. The highest BCUT2D eigenvalue weighted by Crippen LogP contribution is 2.34. The van der Waals surface area contributed by atoms with E-state index in [2.05, 4.69) is 46.7 Å². The Hall–Kier alpha value is -1.92. The first-order valence-corrected chi connectivity index (χ1v) is 11.5. The van der Waals surface area contributed by atoms with Gasteiger partial charge in [0.25, 0.3) is 0 Å². The third-order valence-electron chi connectivity index (χ3n) is 7.28. The van der Waals surface area contributed by atoms with E-state index < -0.39 is 0 Å². The van der Waals surface area contributed by atoms with Crippen LogP contribution in [0.1, 0.15) is 56.1 Å². The number of nitrogens with zero attached hydrogens (tertiary/aromatic N) is 1. The minimum absolute atomic E-state index is 0.00242. The lowest BCUT2D eigenvalue weighted by atomic mass is 9.74. The summed E-state index contributed by atoms with van der Waals surface area (Å²) in [6.45, 7) is 5.64. The van der Waals surface area contributed by atoms with Gasteiger partial charge in [0.2, 0.25) is 11.8 Å². The van der Waals surface area contributed by atoms with Crippen LogP contribution in [0.5, 0.6) is 0 Å². The molecular formula is C24H35N3O3. The lowest BCUT2D eigenvalue weighted by Gasteiger charge is -2.40. The van der Waals surface area contributed by atoms with Crippen molar-refractivity contribution in [3.63, 3.8) is 0 Å². The van der Waals surface area contributed by atoms with E-state index in [0.717, 1.165) is 32.2 Å². The molecular weight excluding hydrogens is 378 g/mol. The molecule has 164 valence electrons. The largest absolute Gasteiger partial charge is 0.381 e. The number of piperazine rings is 1. The summed E-state index contributed by atoms with van der Waals surface area (Å²) in [4.78, 5) is 27.8.